The average Bonchev–Trinajstić information content (AvgIpc) is 2.95. The molecule has 0 atom stereocenters. The van der Waals surface area contributed by atoms with E-state index in [2.05, 4.69) is 46.5 Å². The number of aromatic nitrogens is 1. The van der Waals surface area contributed by atoms with Crippen molar-refractivity contribution in [3.8, 4) is 0 Å². The van der Waals surface area contributed by atoms with E-state index in [9.17, 15) is 0 Å². The van der Waals surface area contributed by atoms with Crippen LogP contribution in [0.4, 0.5) is 11.7 Å². The molecule has 0 spiro atoms. The minimum absolute atomic E-state index is 0.596. The van der Waals surface area contributed by atoms with E-state index in [0.29, 0.717) is 6.01 Å². The van der Waals surface area contributed by atoms with Crippen LogP contribution in [0.5, 0.6) is 0 Å². The molecule has 0 bridgehead atoms. The van der Waals surface area contributed by atoms with Gasteiger partial charge in [0.05, 0.1) is 0 Å². The zero-order chi connectivity index (χ0) is 14.5. The monoisotopic (exact) mass is 281 g/mol. The lowest BCUT2D eigenvalue weighted by Crippen LogP contribution is -2.20. The van der Waals surface area contributed by atoms with Crippen molar-refractivity contribution >= 4 is 22.8 Å². The largest absolute Gasteiger partial charge is 0.424 e. The van der Waals surface area contributed by atoms with Crippen LogP contribution in [0.2, 0.25) is 0 Å². The van der Waals surface area contributed by atoms with Gasteiger partial charge in [0.1, 0.15) is 5.52 Å². The smallest absolute Gasteiger partial charge is 0.295 e. The van der Waals surface area contributed by atoms with Crippen LogP contribution in [0.1, 0.15) is 6.42 Å². The molecule has 0 fully saturated rings. The SMILES string of the molecule is CN(CCCNc1nc2ccccc2o1)c1ccccc1. The molecule has 21 heavy (non-hydrogen) atoms. The third-order valence-corrected chi connectivity index (χ3v) is 3.44. The second kappa shape index (κ2) is 6.31. The van der Waals surface area contributed by atoms with Gasteiger partial charge in [-0.05, 0) is 30.7 Å². The maximum atomic E-state index is 5.62. The minimum atomic E-state index is 0.596. The minimum Gasteiger partial charge on any atom is -0.424 e. The second-order valence-electron chi connectivity index (χ2n) is 5.02. The zero-order valence-corrected chi connectivity index (χ0v) is 12.1. The van der Waals surface area contributed by atoms with E-state index in [1.165, 1.54) is 5.69 Å². The highest BCUT2D eigenvalue weighted by Gasteiger charge is 2.04. The number of hydrogen-bond acceptors (Lipinski definition) is 4. The summed E-state index contributed by atoms with van der Waals surface area (Å²) in [6, 6.07) is 18.8. The van der Waals surface area contributed by atoms with Crippen molar-refractivity contribution < 1.29 is 4.42 Å². The number of nitrogens with one attached hydrogen (secondary N) is 1. The summed E-state index contributed by atoms with van der Waals surface area (Å²) in [5.74, 6) is 0. The van der Waals surface area contributed by atoms with Gasteiger partial charge in [-0.15, -0.1) is 0 Å². The van der Waals surface area contributed by atoms with Gasteiger partial charge in [-0.25, -0.2) is 0 Å². The summed E-state index contributed by atoms with van der Waals surface area (Å²) >= 11 is 0. The molecule has 0 aliphatic carbocycles. The Bertz CT molecular complexity index is 660. The summed E-state index contributed by atoms with van der Waals surface area (Å²) in [6.07, 6.45) is 1.02. The molecule has 3 aromatic rings. The number of benzene rings is 2. The van der Waals surface area contributed by atoms with Crippen molar-refractivity contribution in [2.45, 2.75) is 6.42 Å². The van der Waals surface area contributed by atoms with E-state index in [1.54, 1.807) is 0 Å². The second-order valence-corrected chi connectivity index (χ2v) is 5.02. The van der Waals surface area contributed by atoms with Crippen LogP contribution in [0.25, 0.3) is 11.1 Å². The van der Waals surface area contributed by atoms with Crippen LogP contribution in [0.15, 0.2) is 59.0 Å². The highest BCUT2D eigenvalue weighted by molar-refractivity contribution is 5.74. The van der Waals surface area contributed by atoms with E-state index in [4.69, 9.17) is 4.42 Å². The fourth-order valence-corrected chi connectivity index (χ4v) is 2.27. The normalized spacial score (nSPS) is 10.7. The first kappa shape index (κ1) is 13.5. The Morgan fingerprint density at radius 3 is 2.62 bits per heavy atom. The number of rotatable bonds is 6. The summed E-state index contributed by atoms with van der Waals surface area (Å²) in [5, 5.41) is 3.24. The third kappa shape index (κ3) is 3.34. The maximum absolute atomic E-state index is 5.62. The molecule has 1 N–H and O–H groups in total. The van der Waals surface area contributed by atoms with E-state index >= 15 is 0 Å². The number of anilines is 2. The molecule has 1 aromatic heterocycles. The van der Waals surface area contributed by atoms with Gasteiger partial charge < -0.3 is 14.6 Å². The first-order valence-electron chi connectivity index (χ1n) is 7.18. The lowest BCUT2D eigenvalue weighted by atomic mass is 10.3. The van der Waals surface area contributed by atoms with E-state index in [-0.39, 0.29) is 0 Å². The van der Waals surface area contributed by atoms with Gasteiger partial charge >= 0.3 is 0 Å². The molecule has 3 rings (SSSR count). The van der Waals surface area contributed by atoms with Crippen molar-refractivity contribution in [3.63, 3.8) is 0 Å². The van der Waals surface area contributed by atoms with E-state index in [0.717, 1.165) is 30.6 Å². The molecule has 0 saturated heterocycles. The van der Waals surface area contributed by atoms with Gasteiger partial charge in [0.2, 0.25) is 0 Å². The summed E-state index contributed by atoms with van der Waals surface area (Å²) in [7, 11) is 2.11. The summed E-state index contributed by atoms with van der Waals surface area (Å²) in [5.41, 5.74) is 2.95. The maximum Gasteiger partial charge on any atom is 0.295 e. The topological polar surface area (TPSA) is 41.3 Å². The first-order valence-corrected chi connectivity index (χ1v) is 7.18. The first-order chi connectivity index (χ1) is 10.3. The van der Waals surface area contributed by atoms with Crippen LogP contribution >= 0.6 is 0 Å². The van der Waals surface area contributed by atoms with Crippen LogP contribution in [0.3, 0.4) is 0 Å². The molecule has 0 aliphatic heterocycles. The Labute approximate surface area is 124 Å². The fraction of sp³-hybridized carbons (Fsp3) is 0.235. The number of nitrogens with zero attached hydrogens (tertiary/aromatic N) is 2. The van der Waals surface area contributed by atoms with Crippen LogP contribution in [-0.4, -0.2) is 25.1 Å². The van der Waals surface area contributed by atoms with Crippen LogP contribution in [0, 0.1) is 0 Å². The fourth-order valence-electron chi connectivity index (χ4n) is 2.27. The quantitative estimate of drug-likeness (QED) is 0.698. The Hall–Kier alpha value is -2.49. The zero-order valence-electron chi connectivity index (χ0n) is 12.1. The number of fused-ring (bicyclic) bond motifs is 1. The Morgan fingerprint density at radius 1 is 1.05 bits per heavy atom. The van der Waals surface area contributed by atoms with Gasteiger partial charge in [0.15, 0.2) is 5.58 Å². The lowest BCUT2D eigenvalue weighted by Gasteiger charge is -2.18. The summed E-state index contributed by atoms with van der Waals surface area (Å²) in [4.78, 5) is 6.64. The Morgan fingerprint density at radius 2 is 1.81 bits per heavy atom. The van der Waals surface area contributed by atoms with Crippen LogP contribution < -0.4 is 10.2 Å². The Kier molecular flexibility index (Phi) is 4.05. The number of hydrogen-bond donors (Lipinski definition) is 1. The average molecular weight is 281 g/mol. The molecule has 0 aliphatic rings. The lowest BCUT2D eigenvalue weighted by molar-refractivity contribution is 0.612. The number of oxazole rings is 1. The van der Waals surface area contributed by atoms with E-state index in [1.807, 2.05) is 30.3 Å². The molecule has 0 radical (unpaired) electrons. The highest BCUT2D eigenvalue weighted by atomic mass is 16.4. The van der Waals surface area contributed by atoms with Gasteiger partial charge in [0, 0.05) is 25.8 Å². The summed E-state index contributed by atoms with van der Waals surface area (Å²) < 4.78 is 5.62. The molecular weight excluding hydrogens is 262 g/mol. The third-order valence-electron chi connectivity index (χ3n) is 3.44. The van der Waals surface area contributed by atoms with Gasteiger partial charge in [-0.1, -0.05) is 30.3 Å². The van der Waals surface area contributed by atoms with Crippen molar-refractivity contribution in [3.05, 3.63) is 54.6 Å². The van der Waals surface area contributed by atoms with Crippen molar-refractivity contribution in [2.24, 2.45) is 0 Å². The number of para-hydroxylation sites is 3. The van der Waals surface area contributed by atoms with Gasteiger partial charge in [-0.3, -0.25) is 0 Å². The molecule has 4 heteroatoms. The molecule has 0 amide bonds. The molecule has 4 nitrogen and oxygen atoms in total. The predicted octanol–water partition coefficient (Wildman–Crippen LogP) is 3.77. The van der Waals surface area contributed by atoms with Crippen molar-refractivity contribution in [1.82, 2.24) is 4.98 Å². The summed E-state index contributed by atoms with van der Waals surface area (Å²) in [6.45, 7) is 1.82. The molecule has 1 heterocycles. The Balaban J connectivity index is 1.48. The predicted molar refractivity (Wildman–Crippen MR) is 86.8 cm³/mol. The van der Waals surface area contributed by atoms with Crippen LogP contribution in [-0.2, 0) is 0 Å². The highest BCUT2D eigenvalue weighted by Crippen LogP contribution is 2.18. The van der Waals surface area contributed by atoms with Gasteiger partial charge in [-0.2, -0.15) is 4.98 Å². The molecule has 0 unspecified atom stereocenters. The van der Waals surface area contributed by atoms with E-state index < -0.39 is 0 Å². The molecule has 108 valence electrons. The van der Waals surface area contributed by atoms with Crippen molar-refractivity contribution in [2.75, 3.05) is 30.4 Å². The molecular formula is C17H19N3O. The standard InChI is InChI=1S/C17H19N3O/c1-20(14-8-3-2-4-9-14)13-7-12-18-17-19-15-10-5-6-11-16(15)21-17/h2-6,8-11H,7,12-13H2,1H3,(H,18,19). The molecule has 0 saturated carbocycles. The van der Waals surface area contributed by atoms with Crippen molar-refractivity contribution in [1.29, 1.82) is 0 Å². The van der Waals surface area contributed by atoms with Gasteiger partial charge in [0.25, 0.3) is 6.01 Å². The molecule has 2 aromatic carbocycles.